The zero-order valence-corrected chi connectivity index (χ0v) is 12.4. The molecule has 1 aliphatic rings. The molecular weight excluding hydrogens is 250 g/mol. The van der Waals surface area contributed by atoms with Gasteiger partial charge in [0.1, 0.15) is 6.61 Å². The van der Waals surface area contributed by atoms with Gasteiger partial charge < -0.3 is 10.0 Å². The van der Waals surface area contributed by atoms with E-state index < -0.39 is 0 Å². The molecule has 1 heterocycles. The third-order valence-corrected chi connectivity index (χ3v) is 3.60. The Balaban J connectivity index is 2.24. The van der Waals surface area contributed by atoms with Gasteiger partial charge in [-0.15, -0.1) is 0 Å². The molecule has 1 aromatic rings. The minimum Gasteiger partial charge on any atom is -0.384 e. The van der Waals surface area contributed by atoms with Crippen LogP contribution in [0, 0.1) is 24.2 Å². The molecule has 0 saturated carbocycles. The fourth-order valence-electron chi connectivity index (χ4n) is 2.59. The van der Waals surface area contributed by atoms with Gasteiger partial charge in [0.25, 0.3) is 5.91 Å². The van der Waals surface area contributed by atoms with Crippen molar-refractivity contribution in [1.82, 2.24) is 4.90 Å². The van der Waals surface area contributed by atoms with Crippen molar-refractivity contribution >= 4 is 5.91 Å². The van der Waals surface area contributed by atoms with E-state index in [2.05, 4.69) is 25.7 Å². The molecule has 0 atom stereocenters. The monoisotopic (exact) mass is 271 g/mol. The molecule has 0 aromatic heterocycles. The van der Waals surface area contributed by atoms with Gasteiger partial charge in [0.15, 0.2) is 0 Å². The molecule has 3 nitrogen and oxygen atoms in total. The summed E-state index contributed by atoms with van der Waals surface area (Å²) < 4.78 is 0. The first-order valence-corrected chi connectivity index (χ1v) is 6.92. The predicted octanol–water partition coefficient (Wildman–Crippen LogP) is 2.21. The quantitative estimate of drug-likeness (QED) is 0.796. The summed E-state index contributed by atoms with van der Waals surface area (Å²) in [5, 5.41) is 8.76. The molecule has 1 saturated heterocycles. The maximum absolute atomic E-state index is 12.5. The molecule has 1 amide bonds. The van der Waals surface area contributed by atoms with E-state index in [4.69, 9.17) is 5.11 Å². The molecule has 0 radical (unpaired) electrons. The summed E-state index contributed by atoms with van der Waals surface area (Å²) in [6.45, 7) is 7.78. The second kappa shape index (κ2) is 5.68. The van der Waals surface area contributed by atoms with Crippen LogP contribution in [-0.2, 0) is 0 Å². The lowest BCUT2D eigenvalue weighted by Crippen LogP contribution is -2.30. The largest absolute Gasteiger partial charge is 0.384 e. The lowest BCUT2D eigenvalue weighted by Gasteiger charge is -2.20. The molecule has 3 heteroatoms. The molecule has 0 spiro atoms. The van der Waals surface area contributed by atoms with Gasteiger partial charge in [-0.25, -0.2) is 0 Å². The molecule has 20 heavy (non-hydrogen) atoms. The van der Waals surface area contributed by atoms with Gasteiger partial charge in [-0.3, -0.25) is 4.79 Å². The SMILES string of the molecule is Cc1cc(C#CCO)cc(C(=O)N2CCC(C)(C)C2)c1. The molecule has 0 bridgehead atoms. The number of benzene rings is 1. The van der Waals surface area contributed by atoms with Crippen molar-refractivity contribution in [3.05, 3.63) is 34.9 Å². The van der Waals surface area contributed by atoms with Gasteiger partial charge in [0.2, 0.25) is 0 Å². The Kier molecular flexibility index (Phi) is 4.15. The summed E-state index contributed by atoms with van der Waals surface area (Å²) in [6.07, 6.45) is 1.04. The Bertz CT molecular complexity index is 578. The van der Waals surface area contributed by atoms with Crippen molar-refractivity contribution in [3.63, 3.8) is 0 Å². The van der Waals surface area contributed by atoms with Gasteiger partial charge in [0.05, 0.1) is 0 Å². The summed E-state index contributed by atoms with van der Waals surface area (Å²) in [5.74, 6) is 5.56. The lowest BCUT2D eigenvalue weighted by molar-refractivity contribution is 0.0778. The van der Waals surface area contributed by atoms with Crippen molar-refractivity contribution in [2.75, 3.05) is 19.7 Å². The summed E-state index contributed by atoms with van der Waals surface area (Å²) in [5.41, 5.74) is 2.68. The Morgan fingerprint density at radius 2 is 2.15 bits per heavy atom. The van der Waals surface area contributed by atoms with Crippen LogP contribution in [-0.4, -0.2) is 35.6 Å². The topological polar surface area (TPSA) is 40.5 Å². The molecule has 1 aromatic carbocycles. The second-order valence-electron chi connectivity index (χ2n) is 6.19. The molecule has 1 N–H and O–H groups in total. The average Bonchev–Trinajstić information content (AvgIpc) is 2.75. The molecule has 0 unspecified atom stereocenters. The van der Waals surface area contributed by atoms with E-state index in [1.807, 2.05) is 30.0 Å². The lowest BCUT2D eigenvalue weighted by atomic mass is 9.93. The van der Waals surface area contributed by atoms with Crippen LogP contribution in [0.2, 0.25) is 0 Å². The van der Waals surface area contributed by atoms with E-state index in [0.29, 0.717) is 5.56 Å². The number of aliphatic hydroxyl groups excluding tert-OH is 1. The summed E-state index contributed by atoms with van der Waals surface area (Å²) in [4.78, 5) is 14.5. The Labute approximate surface area is 120 Å². The number of aryl methyl sites for hydroxylation is 1. The first-order chi connectivity index (χ1) is 9.41. The number of rotatable bonds is 1. The van der Waals surface area contributed by atoms with Gasteiger partial charge in [0, 0.05) is 24.2 Å². The summed E-state index contributed by atoms with van der Waals surface area (Å²) >= 11 is 0. The zero-order valence-electron chi connectivity index (χ0n) is 12.4. The minimum atomic E-state index is -0.169. The first kappa shape index (κ1) is 14.6. The van der Waals surface area contributed by atoms with Gasteiger partial charge in [-0.2, -0.15) is 0 Å². The third kappa shape index (κ3) is 3.40. The number of carbonyl (C=O) groups excluding carboxylic acids is 1. The molecule has 106 valence electrons. The van der Waals surface area contributed by atoms with Crippen LogP contribution in [0.25, 0.3) is 0 Å². The van der Waals surface area contributed by atoms with E-state index in [0.717, 1.165) is 30.6 Å². The first-order valence-electron chi connectivity index (χ1n) is 6.92. The maximum Gasteiger partial charge on any atom is 0.253 e. The number of aliphatic hydroxyl groups is 1. The highest BCUT2D eigenvalue weighted by Crippen LogP contribution is 2.29. The van der Waals surface area contributed by atoms with Crippen molar-refractivity contribution < 1.29 is 9.90 Å². The van der Waals surface area contributed by atoms with Crippen LogP contribution in [0.5, 0.6) is 0 Å². The third-order valence-electron chi connectivity index (χ3n) is 3.60. The Morgan fingerprint density at radius 1 is 1.40 bits per heavy atom. The van der Waals surface area contributed by atoms with Gasteiger partial charge in [-0.1, -0.05) is 25.7 Å². The Morgan fingerprint density at radius 3 is 2.75 bits per heavy atom. The highest BCUT2D eigenvalue weighted by atomic mass is 16.2. The molecule has 1 aliphatic heterocycles. The normalized spacial score (nSPS) is 16.7. The zero-order chi connectivity index (χ0) is 14.8. The highest BCUT2D eigenvalue weighted by Gasteiger charge is 2.32. The van der Waals surface area contributed by atoms with Crippen LogP contribution in [0.1, 0.15) is 41.8 Å². The Hall–Kier alpha value is -1.79. The van der Waals surface area contributed by atoms with Crippen LogP contribution >= 0.6 is 0 Å². The van der Waals surface area contributed by atoms with Crippen molar-refractivity contribution in [3.8, 4) is 11.8 Å². The van der Waals surface area contributed by atoms with E-state index in [1.165, 1.54) is 0 Å². The van der Waals surface area contributed by atoms with Crippen LogP contribution < -0.4 is 0 Å². The highest BCUT2D eigenvalue weighted by molar-refractivity contribution is 5.95. The van der Waals surface area contributed by atoms with E-state index >= 15 is 0 Å². The fourth-order valence-corrected chi connectivity index (χ4v) is 2.59. The van der Waals surface area contributed by atoms with E-state index in [9.17, 15) is 4.79 Å². The van der Waals surface area contributed by atoms with Crippen molar-refractivity contribution in [2.45, 2.75) is 27.2 Å². The summed E-state index contributed by atoms with van der Waals surface area (Å²) in [6, 6.07) is 5.63. The van der Waals surface area contributed by atoms with Crippen molar-refractivity contribution in [1.29, 1.82) is 0 Å². The second-order valence-corrected chi connectivity index (χ2v) is 6.19. The number of hydrogen-bond acceptors (Lipinski definition) is 2. The van der Waals surface area contributed by atoms with Crippen molar-refractivity contribution in [2.24, 2.45) is 5.41 Å². The van der Waals surface area contributed by atoms with Crippen LogP contribution in [0.4, 0.5) is 0 Å². The molecule has 2 rings (SSSR count). The molecule has 0 aliphatic carbocycles. The number of amides is 1. The van der Waals surface area contributed by atoms with E-state index in [-0.39, 0.29) is 17.9 Å². The van der Waals surface area contributed by atoms with Gasteiger partial charge >= 0.3 is 0 Å². The molecule has 1 fully saturated rings. The van der Waals surface area contributed by atoms with Gasteiger partial charge in [-0.05, 0) is 42.5 Å². The number of nitrogens with zero attached hydrogens (tertiary/aromatic N) is 1. The smallest absolute Gasteiger partial charge is 0.253 e. The fraction of sp³-hybridized carbons (Fsp3) is 0.471. The number of carbonyl (C=O) groups is 1. The number of likely N-dealkylation sites (tertiary alicyclic amines) is 1. The predicted molar refractivity (Wildman–Crippen MR) is 79.4 cm³/mol. The minimum absolute atomic E-state index is 0.0753. The maximum atomic E-state index is 12.5. The standard InChI is InChI=1S/C17H21NO2/c1-13-9-14(5-4-8-19)11-15(10-13)16(20)18-7-6-17(2,3)12-18/h9-11,19H,6-8,12H2,1-3H3. The summed E-state index contributed by atoms with van der Waals surface area (Å²) in [7, 11) is 0. The number of hydrogen-bond donors (Lipinski definition) is 1. The van der Waals surface area contributed by atoms with Crippen LogP contribution in [0.3, 0.4) is 0 Å². The molecular formula is C17H21NO2. The van der Waals surface area contributed by atoms with E-state index in [1.54, 1.807) is 0 Å². The van der Waals surface area contributed by atoms with Crippen LogP contribution in [0.15, 0.2) is 18.2 Å². The average molecular weight is 271 g/mol.